The molecule has 9 nitrogen and oxygen atoms in total. The number of ketones is 1. The lowest BCUT2D eigenvalue weighted by Crippen LogP contribution is -2.43. The second-order valence-corrected chi connectivity index (χ2v) is 6.91. The molecule has 0 spiro atoms. The number of carbonyl (C=O) groups excluding carboxylic acids is 2. The van der Waals surface area contributed by atoms with Crippen molar-refractivity contribution >= 4 is 17.6 Å². The van der Waals surface area contributed by atoms with Crippen molar-refractivity contribution < 1.29 is 19.1 Å². The van der Waals surface area contributed by atoms with Gasteiger partial charge < -0.3 is 15.2 Å². The minimum Gasteiger partial charge on any atom is -0.493 e. The van der Waals surface area contributed by atoms with E-state index in [1.807, 2.05) is 6.07 Å². The highest BCUT2D eigenvalue weighted by Gasteiger charge is 2.23. The van der Waals surface area contributed by atoms with Gasteiger partial charge in [-0.15, -0.1) is 0 Å². The summed E-state index contributed by atoms with van der Waals surface area (Å²) in [4.78, 5) is 50.4. The van der Waals surface area contributed by atoms with Crippen LogP contribution < -0.4 is 21.7 Å². The van der Waals surface area contributed by atoms with Gasteiger partial charge in [0.1, 0.15) is 22.7 Å². The summed E-state index contributed by atoms with van der Waals surface area (Å²) in [5, 5.41) is 0. The van der Waals surface area contributed by atoms with E-state index < -0.39 is 35.2 Å². The number of benzene rings is 2. The fourth-order valence-corrected chi connectivity index (χ4v) is 3.16. The van der Waals surface area contributed by atoms with Crippen LogP contribution in [0, 0.1) is 0 Å². The molecule has 3 rings (SSSR count). The zero-order chi connectivity index (χ0) is 23.3. The molecule has 1 aromatic heterocycles. The van der Waals surface area contributed by atoms with Gasteiger partial charge in [0.25, 0.3) is 5.56 Å². The number of carbonyl (C=O) groups is 2. The largest absolute Gasteiger partial charge is 0.493 e. The maximum absolute atomic E-state index is 12.8. The smallest absolute Gasteiger partial charge is 0.342 e. The number of Topliss-reactive ketones (excluding diaryl/α,β-unsaturated/α-hetero) is 1. The Morgan fingerprint density at radius 2 is 1.66 bits per heavy atom. The van der Waals surface area contributed by atoms with E-state index in [2.05, 4.69) is 0 Å². The maximum Gasteiger partial charge on any atom is 0.342 e. The minimum atomic E-state index is -0.854. The van der Waals surface area contributed by atoms with E-state index in [9.17, 15) is 19.2 Å². The Morgan fingerprint density at radius 1 is 1.00 bits per heavy atom. The molecule has 0 aliphatic heterocycles. The van der Waals surface area contributed by atoms with Gasteiger partial charge in [0.15, 0.2) is 6.61 Å². The molecule has 9 heteroatoms. The predicted molar refractivity (Wildman–Crippen MR) is 118 cm³/mol. The normalized spacial score (nSPS) is 10.6. The summed E-state index contributed by atoms with van der Waals surface area (Å²) in [5.74, 6) is -1.56. The summed E-state index contributed by atoms with van der Waals surface area (Å²) in [6, 6.07) is 15.4. The summed E-state index contributed by atoms with van der Waals surface area (Å²) in [5.41, 5.74) is 5.04. The first-order chi connectivity index (χ1) is 15.3. The maximum atomic E-state index is 12.8. The number of aromatic nitrogens is 2. The average Bonchev–Trinajstić information content (AvgIpc) is 2.80. The molecule has 0 bridgehead atoms. The molecular weight excluding hydrogens is 414 g/mol. The van der Waals surface area contributed by atoms with Crippen LogP contribution in [0.2, 0.25) is 0 Å². The SMILES string of the molecule is CCOc1ccccc1C(=O)OCC(=O)c1c(N)n(Cc2ccccc2)c(=O)n(C)c1=O. The minimum absolute atomic E-state index is 0.0709. The van der Waals surface area contributed by atoms with Gasteiger partial charge in [-0.25, -0.2) is 9.59 Å². The van der Waals surface area contributed by atoms with E-state index in [0.717, 1.165) is 14.7 Å². The predicted octanol–water partition coefficient (Wildman–Crippen LogP) is 1.62. The molecule has 166 valence electrons. The molecule has 0 saturated heterocycles. The molecule has 0 aliphatic rings. The summed E-state index contributed by atoms with van der Waals surface area (Å²) in [6.07, 6.45) is 0. The van der Waals surface area contributed by atoms with Gasteiger partial charge in [0, 0.05) is 7.05 Å². The van der Waals surface area contributed by atoms with E-state index in [1.54, 1.807) is 49.4 Å². The van der Waals surface area contributed by atoms with E-state index in [-0.39, 0.29) is 17.9 Å². The van der Waals surface area contributed by atoms with Crippen molar-refractivity contribution in [2.75, 3.05) is 18.9 Å². The Balaban J connectivity index is 1.88. The van der Waals surface area contributed by atoms with Crippen molar-refractivity contribution in [3.63, 3.8) is 0 Å². The third-order valence-electron chi connectivity index (χ3n) is 4.79. The molecule has 0 aliphatic carbocycles. The Labute approximate surface area is 183 Å². The van der Waals surface area contributed by atoms with Gasteiger partial charge in [0.05, 0.1) is 13.2 Å². The van der Waals surface area contributed by atoms with E-state index in [1.165, 1.54) is 13.1 Å². The number of rotatable bonds is 8. The van der Waals surface area contributed by atoms with Crippen molar-refractivity contribution in [1.29, 1.82) is 0 Å². The van der Waals surface area contributed by atoms with Crippen molar-refractivity contribution in [2.45, 2.75) is 13.5 Å². The van der Waals surface area contributed by atoms with E-state index in [4.69, 9.17) is 15.2 Å². The Bertz CT molecular complexity index is 1260. The molecule has 32 heavy (non-hydrogen) atoms. The zero-order valence-corrected chi connectivity index (χ0v) is 17.7. The van der Waals surface area contributed by atoms with Crippen LogP contribution in [0.1, 0.15) is 33.2 Å². The number of esters is 1. The number of nitrogens with two attached hydrogens (primary N) is 1. The highest BCUT2D eigenvalue weighted by atomic mass is 16.5. The van der Waals surface area contributed by atoms with E-state index in [0.29, 0.717) is 12.4 Å². The molecule has 0 atom stereocenters. The van der Waals surface area contributed by atoms with E-state index >= 15 is 0 Å². The number of hydrogen-bond acceptors (Lipinski definition) is 7. The first kappa shape index (κ1) is 22.5. The molecule has 2 N–H and O–H groups in total. The van der Waals surface area contributed by atoms with Crippen molar-refractivity contribution in [3.05, 3.63) is 92.1 Å². The molecule has 2 aromatic carbocycles. The van der Waals surface area contributed by atoms with Gasteiger partial charge in [-0.1, -0.05) is 42.5 Å². The molecule has 0 unspecified atom stereocenters. The number of anilines is 1. The van der Waals surface area contributed by atoms with Crippen molar-refractivity contribution in [2.24, 2.45) is 7.05 Å². The fraction of sp³-hybridized carbons (Fsp3) is 0.217. The summed E-state index contributed by atoms with van der Waals surface area (Å²) in [7, 11) is 1.26. The quantitative estimate of drug-likeness (QED) is 0.420. The monoisotopic (exact) mass is 437 g/mol. The standard InChI is InChI=1S/C23H23N3O6/c1-3-31-18-12-8-7-11-16(18)22(29)32-14-17(27)19-20(24)26(23(30)25(2)21(19)28)13-15-9-5-4-6-10-15/h4-12H,3,13-14,24H2,1-2H3. The molecule has 1 heterocycles. The number of hydrogen-bond donors (Lipinski definition) is 1. The third kappa shape index (κ3) is 4.61. The van der Waals surface area contributed by atoms with Gasteiger partial charge in [-0.2, -0.15) is 0 Å². The highest BCUT2D eigenvalue weighted by Crippen LogP contribution is 2.19. The van der Waals surface area contributed by atoms with Crippen LogP contribution in [0.15, 0.2) is 64.2 Å². The van der Waals surface area contributed by atoms with Gasteiger partial charge in [-0.05, 0) is 24.6 Å². The first-order valence-corrected chi connectivity index (χ1v) is 9.90. The van der Waals surface area contributed by atoms with Crippen LogP contribution in [0.25, 0.3) is 0 Å². The number of nitrogen functional groups attached to an aromatic ring is 1. The van der Waals surface area contributed by atoms with Crippen LogP contribution in [0.4, 0.5) is 5.82 Å². The van der Waals surface area contributed by atoms with Crippen molar-refractivity contribution in [1.82, 2.24) is 9.13 Å². The molecule has 0 amide bonds. The topological polar surface area (TPSA) is 123 Å². The lowest BCUT2D eigenvalue weighted by molar-refractivity contribution is 0.0470. The Kier molecular flexibility index (Phi) is 6.89. The second-order valence-electron chi connectivity index (χ2n) is 6.91. The second kappa shape index (κ2) is 9.78. The lowest BCUT2D eigenvalue weighted by atomic mass is 10.1. The Hall–Kier alpha value is -4.14. The van der Waals surface area contributed by atoms with Crippen LogP contribution in [-0.4, -0.2) is 34.1 Å². The number of nitrogens with zero attached hydrogens (tertiary/aromatic N) is 2. The van der Waals surface area contributed by atoms with Crippen molar-refractivity contribution in [3.8, 4) is 5.75 Å². The number of ether oxygens (including phenoxy) is 2. The van der Waals surface area contributed by atoms with Gasteiger partial charge >= 0.3 is 11.7 Å². The molecule has 0 radical (unpaired) electrons. The number of para-hydroxylation sites is 1. The summed E-state index contributed by atoms with van der Waals surface area (Å²) in [6.45, 7) is 1.47. The zero-order valence-electron chi connectivity index (χ0n) is 17.7. The summed E-state index contributed by atoms with van der Waals surface area (Å²) >= 11 is 0. The van der Waals surface area contributed by atoms with Gasteiger partial charge in [0.2, 0.25) is 5.78 Å². The first-order valence-electron chi connectivity index (χ1n) is 9.90. The van der Waals surface area contributed by atoms with Gasteiger partial charge in [-0.3, -0.25) is 18.7 Å². The van der Waals surface area contributed by atoms with Crippen LogP contribution in [0.5, 0.6) is 5.75 Å². The molecule has 0 saturated carbocycles. The average molecular weight is 437 g/mol. The molecular formula is C23H23N3O6. The highest BCUT2D eigenvalue weighted by molar-refractivity contribution is 6.02. The fourth-order valence-electron chi connectivity index (χ4n) is 3.16. The lowest BCUT2D eigenvalue weighted by Gasteiger charge is -2.15. The third-order valence-corrected chi connectivity index (χ3v) is 4.79. The Morgan fingerprint density at radius 3 is 2.34 bits per heavy atom. The van der Waals surface area contributed by atoms with Crippen LogP contribution >= 0.6 is 0 Å². The van der Waals surface area contributed by atoms with Crippen LogP contribution in [0.3, 0.4) is 0 Å². The summed E-state index contributed by atoms with van der Waals surface area (Å²) < 4.78 is 12.4. The molecule has 3 aromatic rings. The molecule has 0 fully saturated rings. The van der Waals surface area contributed by atoms with Crippen LogP contribution in [-0.2, 0) is 18.3 Å².